The highest BCUT2D eigenvalue weighted by atomic mass is 79.9. The Morgan fingerprint density at radius 1 is 1.12 bits per heavy atom. The summed E-state index contributed by atoms with van der Waals surface area (Å²) in [6, 6.07) is 10.00. The Morgan fingerprint density at radius 2 is 1.94 bits per heavy atom. The summed E-state index contributed by atoms with van der Waals surface area (Å²) in [5.74, 6) is 0.418. The van der Waals surface area contributed by atoms with E-state index >= 15 is 0 Å². The number of hydrogen-bond donors (Lipinski definition) is 1. The van der Waals surface area contributed by atoms with E-state index in [1.165, 1.54) is 12.1 Å². The van der Waals surface area contributed by atoms with Crippen LogP contribution in [-0.4, -0.2) is 4.98 Å². The number of rotatable bonds is 2. The number of hydrogen-bond acceptors (Lipinski definition) is 2. The van der Waals surface area contributed by atoms with Crippen LogP contribution in [0.3, 0.4) is 0 Å². The number of anilines is 2. The second-order valence-corrected chi connectivity index (χ2v) is 4.76. The lowest BCUT2D eigenvalue weighted by Crippen LogP contribution is -1.94. The molecule has 0 saturated heterocycles. The molecule has 0 aliphatic carbocycles. The van der Waals surface area contributed by atoms with Gasteiger partial charge in [0.25, 0.3) is 0 Å². The monoisotopic (exact) mass is 344 g/mol. The van der Waals surface area contributed by atoms with Crippen molar-refractivity contribution in [1.82, 2.24) is 4.98 Å². The summed E-state index contributed by atoms with van der Waals surface area (Å²) in [6.45, 7) is 0. The molecule has 0 amide bonds. The molecule has 2 nitrogen and oxygen atoms in total. The molecule has 0 unspecified atom stereocenters. The van der Waals surface area contributed by atoms with Gasteiger partial charge in [0.1, 0.15) is 16.2 Å². The van der Waals surface area contributed by atoms with E-state index in [9.17, 15) is 4.39 Å². The first kappa shape index (κ1) is 11.5. The van der Waals surface area contributed by atoms with Crippen LogP contribution in [0.4, 0.5) is 15.9 Å². The molecule has 16 heavy (non-hydrogen) atoms. The average molecular weight is 346 g/mol. The second-order valence-electron chi connectivity index (χ2n) is 3.09. The molecule has 0 fully saturated rings. The lowest BCUT2D eigenvalue weighted by Gasteiger charge is -2.07. The molecule has 5 heteroatoms. The van der Waals surface area contributed by atoms with E-state index in [0.717, 1.165) is 10.3 Å². The lowest BCUT2D eigenvalue weighted by atomic mass is 10.3. The number of pyridine rings is 1. The molecule has 0 bridgehead atoms. The van der Waals surface area contributed by atoms with Gasteiger partial charge in [-0.05, 0) is 62.2 Å². The van der Waals surface area contributed by atoms with Crippen LogP contribution in [0.25, 0.3) is 0 Å². The maximum Gasteiger partial charge on any atom is 0.131 e. The molecule has 1 aromatic heterocycles. The predicted octanol–water partition coefficient (Wildman–Crippen LogP) is 4.49. The summed E-state index contributed by atoms with van der Waals surface area (Å²) in [7, 11) is 0. The number of nitrogens with one attached hydrogen (secondary N) is 1. The molecule has 2 aromatic rings. The highest BCUT2D eigenvalue weighted by Gasteiger charge is 2.02. The van der Waals surface area contributed by atoms with E-state index in [1.54, 1.807) is 6.07 Å². The van der Waals surface area contributed by atoms with Gasteiger partial charge in [-0.1, -0.05) is 6.07 Å². The first-order valence-electron chi connectivity index (χ1n) is 4.50. The second kappa shape index (κ2) is 4.93. The van der Waals surface area contributed by atoms with Gasteiger partial charge in [-0.2, -0.15) is 0 Å². The summed E-state index contributed by atoms with van der Waals surface area (Å²) in [5, 5.41) is 3.09. The molecular formula is C11H7Br2FN2. The van der Waals surface area contributed by atoms with E-state index in [1.807, 2.05) is 18.2 Å². The molecule has 0 atom stereocenters. The maximum atomic E-state index is 12.9. The van der Waals surface area contributed by atoms with Crippen molar-refractivity contribution in [2.75, 3.05) is 5.32 Å². The van der Waals surface area contributed by atoms with Gasteiger partial charge in [-0.15, -0.1) is 0 Å². The highest BCUT2D eigenvalue weighted by molar-refractivity contribution is 9.10. The van der Waals surface area contributed by atoms with Crippen molar-refractivity contribution in [3.63, 3.8) is 0 Å². The van der Waals surface area contributed by atoms with Gasteiger partial charge in [0.15, 0.2) is 0 Å². The standard InChI is InChI=1S/C11H7Br2FN2/c12-8-6-7(14)4-5-9(8)15-11-3-1-2-10(13)16-11/h1-6H,(H,15,16). The topological polar surface area (TPSA) is 24.9 Å². The summed E-state index contributed by atoms with van der Waals surface area (Å²) in [5.41, 5.74) is 0.770. The van der Waals surface area contributed by atoms with Gasteiger partial charge in [-0.3, -0.25) is 0 Å². The van der Waals surface area contributed by atoms with Crippen LogP contribution in [0, 0.1) is 5.82 Å². The average Bonchev–Trinajstić information content (AvgIpc) is 2.22. The predicted molar refractivity (Wildman–Crippen MR) is 69.3 cm³/mol. The summed E-state index contributed by atoms with van der Waals surface area (Å²) < 4.78 is 14.3. The van der Waals surface area contributed by atoms with Crippen molar-refractivity contribution in [2.45, 2.75) is 0 Å². The fourth-order valence-corrected chi connectivity index (χ4v) is 2.00. The van der Waals surface area contributed by atoms with Gasteiger partial charge in [0.05, 0.1) is 5.69 Å². The molecule has 0 spiro atoms. The molecule has 1 N–H and O–H groups in total. The van der Waals surface area contributed by atoms with E-state index in [4.69, 9.17) is 0 Å². The first-order valence-corrected chi connectivity index (χ1v) is 6.08. The zero-order valence-corrected chi connectivity index (χ0v) is 11.2. The smallest absolute Gasteiger partial charge is 0.131 e. The van der Waals surface area contributed by atoms with Gasteiger partial charge in [0, 0.05) is 4.47 Å². The number of halogens is 3. The Balaban J connectivity index is 2.27. The molecule has 0 aliphatic rings. The number of aromatic nitrogens is 1. The van der Waals surface area contributed by atoms with Gasteiger partial charge >= 0.3 is 0 Å². The van der Waals surface area contributed by atoms with Crippen molar-refractivity contribution in [3.8, 4) is 0 Å². The first-order chi connectivity index (χ1) is 7.65. The number of nitrogens with zero attached hydrogens (tertiary/aromatic N) is 1. The zero-order chi connectivity index (χ0) is 11.5. The molecule has 82 valence electrons. The maximum absolute atomic E-state index is 12.9. The van der Waals surface area contributed by atoms with Crippen LogP contribution in [0.5, 0.6) is 0 Å². The van der Waals surface area contributed by atoms with E-state index in [0.29, 0.717) is 10.3 Å². The minimum absolute atomic E-state index is 0.278. The van der Waals surface area contributed by atoms with Crippen LogP contribution in [0.15, 0.2) is 45.5 Å². The van der Waals surface area contributed by atoms with Crippen molar-refractivity contribution >= 4 is 43.4 Å². The van der Waals surface area contributed by atoms with E-state index in [2.05, 4.69) is 42.2 Å². The van der Waals surface area contributed by atoms with Gasteiger partial charge in [-0.25, -0.2) is 9.37 Å². The molecule has 1 aromatic carbocycles. The van der Waals surface area contributed by atoms with Crippen LogP contribution in [0.1, 0.15) is 0 Å². The SMILES string of the molecule is Fc1ccc(Nc2cccc(Br)n2)c(Br)c1. The Hall–Kier alpha value is -0.940. The van der Waals surface area contributed by atoms with Crippen molar-refractivity contribution < 1.29 is 4.39 Å². The molecule has 1 heterocycles. The third-order valence-electron chi connectivity index (χ3n) is 1.91. The highest BCUT2D eigenvalue weighted by Crippen LogP contribution is 2.26. The summed E-state index contributed by atoms with van der Waals surface area (Å²) in [6.07, 6.45) is 0. The Morgan fingerprint density at radius 3 is 2.62 bits per heavy atom. The molecule has 0 radical (unpaired) electrons. The Labute approximate surface area is 109 Å². The third-order valence-corrected chi connectivity index (χ3v) is 3.01. The summed E-state index contributed by atoms with van der Waals surface area (Å²) in [4.78, 5) is 4.22. The minimum Gasteiger partial charge on any atom is -0.339 e. The molecule has 0 saturated carbocycles. The Bertz CT molecular complexity index is 517. The molecule has 2 rings (SSSR count). The quantitative estimate of drug-likeness (QED) is 0.811. The van der Waals surface area contributed by atoms with Crippen molar-refractivity contribution in [2.24, 2.45) is 0 Å². The van der Waals surface area contributed by atoms with E-state index in [-0.39, 0.29) is 5.82 Å². The van der Waals surface area contributed by atoms with Crippen LogP contribution < -0.4 is 5.32 Å². The van der Waals surface area contributed by atoms with Gasteiger partial charge in [0.2, 0.25) is 0 Å². The molecular weight excluding hydrogens is 339 g/mol. The van der Waals surface area contributed by atoms with Gasteiger partial charge < -0.3 is 5.32 Å². The largest absolute Gasteiger partial charge is 0.339 e. The fraction of sp³-hybridized carbons (Fsp3) is 0. The van der Waals surface area contributed by atoms with Crippen LogP contribution in [-0.2, 0) is 0 Å². The van der Waals surface area contributed by atoms with Crippen molar-refractivity contribution in [1.29, 1.82) is 0 Å². The number of benzene rings is 1. The fourth-order valence-electron chi connectivity index (χ4n) is 1.21. The van der Waals surface area contributed by atoms with E-state index < -0.39 is 0 Å². The third kappa shape index (κ3) is 2.80. The Kier molecular flexibility index (Phi) is 3.56. The summed E-state index contributed by atoms with van der Waals surface area (Å²) >= 11 is 6.56. The zero-order valence-electron chi connectivity index (χ0n) is 8.05. The van der Waals surface area contributed by atoms with Crippen LogP contribution >= 0.6 is 31.9 Å². The normalized spacial score (nSPS) is 10.2. The lowest BCUT2D eigenvalue weighted by molar-refractivity contribution is 0.627. The van der Waals surface area contributed by atoms with Crippen molar-refractivity contribution in [3.05, 3.63) is 51.3 Å². The minimum atomic E-state index is -0.278. The van der Waals surface area contributed by atoms with Crippen LogP contribution in [0.2, 0.25) is 0 Å². The molecule has 0 aliphatic heterocycles.